The lowest BCUT2D eigenvalue weighted by Gasteiger charge is -2.32. The Morgan fingerprint density at radius 3 is 2.67 bits per heavy atom. The molecule has 2 aromatic rings. The first-order chi connectivity index (χ1) is 11.6. The molecule has 2 aliphatic carbocycles. The molecule has 0 atom stereocenters. The molecule has 0 saturated carbocycles. The predicted octanol–water partition coefficient (Wildman–Crippen LogP) is 5.60. The van der Waals surface area contributed by atoms with Crippen LogP contribution in [0.3, 0.4) is 0 Å². The van der Waals surface area contributed by atoms with Crippen molar-refractivity contribution < 1.29 is 0 Å². The van der Waals surface area contributed by atoms with Crippen LogP contribution in [0.2, 0.25) is 0 Å². The minimum Gasteiger partial charge on any atom is -0.120 e. The summed E-state index contributed by atoms with van der Waals surface area (Å²) in [5.74, 6) is 2.86. The van der Waals surface area contributed by atoms with Crippen molar-refractivity contribution in [1.29, 1.82) is 0 Å². The van der Waals surface area contributed by atoms with Crippen LogP contribution in [-0.4, -0.2) is 0 Å². The van der Waals surface area contributed by atoms with Crippen molar-refractivity contribution >= 4 is 0 Å². The number of fused-ring (bicyclic) bond motifs is 3. The number of rotatable bonds is 3. The third-order valence-corrected chi connectivity index (χ3v) is 5.57. The number of terminal acetylenes is 1. The Kier molecular flexibility index (Phi) is 3.47. The van der Waals surface area contributed by atoms with E-state index >= 15 is 0 Å². The lowest BCUT2D eigenvalue weighted by Crippen LogP contribution is -2.24. The van der Waals surface area contributed by atoms with Gasteiger partial charge in [-0.2, -0.15) is 0 Å². The Morgan fingerprint density at radius 2 is 1.92 bits per heavy atom. The molecule has 118 valence electrons. The van der Waals surface area contributed by atoms with Crippen molar-refractivity contribution in [1.82, 2.24) is 0 Å². The summed E-state index contributed by atoms with van der Waals surface area (Å²) < 4.78 is 0. The summed E-state index contributed by atoms with van der Waals surface area (Å²) in [6.07, 6.45) is 15.1. The molecule has 0 unspecified atom stereocenters. The van der Waals surface area contributed by atoms with Gasteiger partial charge in [0, 0.05) is 11.8 Å². The summed E-state index contributed by atoms with van der Waals surface area (Å²) >= 11 is 0. The van der Waals surface area contributed by atoms with E-state index in [2.05, 4.69) is 74.4 Å². The molecule has 0 heterocycles. The fourth-order valence-electron chi connectivity index (χ4n) is 4.37. The van der Waals surface area contributed by atoms with E-state index in [1.807, 2.05) is 0 Å². The Balaban J connectivity index is 1.94. The predicted molar refractivity (Wildman–Crippen MR) is 102 cm³/mol. The second-order valence-corrected chi connectivity index (χ2v) is 7.29. The minimum atomic E-state index is 0.00305. The van der Waals surface area contributed by atoms with Gasteiger partial charge >= 0.3 is 0 Å². The molecule has 0 amide bonds. The molecule has 4 rings (SSSR count). The number of benzene rings is 2. The third kappa shape index (κ3) is 2.16. The molecule has 0 bridgehead atoms. The molecule has 0 heteroatoms. The zero-order chi connectivity index (χ0) is 16.7. The molecule has 0 spiro atoms. The van der Waals surface area contributed by atoms with E-state index in [0.29, 0.717) is 6.42 Å². The second-order valence-electron chi connectivity index (χ2n) is 7.29. The van der Waals surface area contributed by atoms with Gasteiger partial charge in [-0.25, -0.2) is 0 Å². The van der Waals surface area contributed by atoms with Crippen LogP contribution in [0.15, 0.2) is 60.2 Å². The van der Waals surface area contributed by atoms with Gasteiger partial charge in [-0.15, -0.1) is 12.3 Å². The summed E-state index contributed by atoms with van der Waals surface area (Å²) in [5, 5.41) is 0. The summed E-state index contributed by atoms with van der Waals surface area (Å²) in [5.41, 5.74) is 9.92. The summed E-state index contributed by atoms with van der Waals surface area (Å²) in [7, 11) is 0. The monoisotopic (exact) mass is 310 g/mol. The van der Waals surface area contributed by atoms with Crippen LogP contribution in [0.4, 0.5) is 0 Å². The second kappa shape index (κ2) is 5.53. The van der Waals surface area contributed by atoms with E-state index in [9.17, 15) is 0 Å². The minimum absolute atomic E-state index is 0.00305. The first-order valence-corrected chi connectivity index (χ1v) is 8.66. The van der Waals surface area contributed by atoms with Gasteiger partial charge in [0.2, 0.25) is 0 Å². The largest absolute Gasteiger partial charge is 0.120 e. The standard InChI is InChI=1S/C24H22/c1-4-9-17-14-15-21-20-13-8-5-10-18(20)16-22(21)23(17)24(2,3)19-11-6-7-12-19/h1,5-8,10-11,13-15H,9,12,16H2,2-3H3. The first-order valence-electron chi connectivity index (χ1n) is 8.66. The first kappa shape index (κ1) is 15.0. The van der Waals surface area contributed by atoms with Crippen molar-refractivity contribution in [2.75, 3.05) is 0 Å². The highest BCUT2D eigenvalue weighted by Gasteiger charge is 2.33. The summed E-state index contributed by atoms with van der Waals surface area (Å²) in [6.45, 7) is 4.70. The molecule has 0 radical (unpaired) electrons. The Labute approximate surface area is 144 Å². The van der Waals surface area contributed by atoms with E-state index in [0.717, 1.165) is 12.8 Å². The summed E-state index contributed by atoms with van der Waals surface area (Å²) in [6, 6.07) is 13.3. The maximum Gasteiger partial charge on any atom is 0.0340 e. The van der Waals surface area contributed by atoms with E-state index < -0.39 is 0 Å². The molecule has 0 saturated heterocycles. The average molecular weight is 310 g/mol. The van der Waals surface area contributed by atoms with E-state index in [1.54, 1.807) is 0 Å². The summed E-state index contributed by atoms with van der Waals surface area (Å²) in [4.78, 5) is 0. The highest BCUT2D eigenvalue weighted by atomic mass is 14.4. The number of hydrogen-bond acceptors (Lipinski definition) is 0. The zero-order valence-corrected chi connectivity index (χ0v) is 14.4. The van der Waals surface area contributed by atoms with Gasteiger partial charge in [0.25, 0.3) is 0 Å². The molecule has 0 fully saturated rings. The Bertz CT molecular complexity index is 914. The van der Waals surface area contributed by atoms with Gasteiger partial charge in [-0.05, 0) is 46.2 Å². The van der Waals surface area contributed by atoms with E-state index in [4.69, 9.17) is 6.42 Å². The van der Waals surface area contributed by atoms with Crippen molar-refractivity contribution in [2.45, 2.75) is 38.5 Å². The molecule has 2 aromatic carbocycles. The van der Waals surface area contributed by atoms with Gasteiger partial charge in [0.05, 0.1) is 0 Å². The van der Waals surface area contributed by atoms with Gasteiger partial charge in [0.15, 0.2) is 0 Å². The van der Waals surface area contributed by atoms with Crippen LogP contribution in [0, 0.1) is 12.3 Å². The maximum atomic E-state index is 5.68. The van der Waals surface area contributed by atoms with Crippen LogP contribution in [-0.2, 0) is 18.3 Å². The molecule has 0 aromatic heterocycles. The molecule has 24 heavy (non-hydrogen) atoms. The Hall–Kier alpha value is -2.52. The molecule has 0 N–H and O–H groups in total. The smallest absolute Gasteiger partial charge is 0.0340 e. The molecular formula is C24H22. The van der Waals surface area contributed by atoms with Crippen molar-refractivity contribution in [2.24, 2.45) is 0 Å². The van der Waals surface area contributed by atoms with Gasteiger partial charge in [-0.3, -0.25) is 0 Å². The Morgan fingerprint density at radius 1 is 1.08 bits per heavy atom. The zero-order valence-electron chi connectivity index (χ0n) is 14.4. The fourth-order valence-corrected chi connectivity index (χ4v) is 4.37. The quantitative estimate of drug-likeness (QED) is 0.553. The van der Waals surface area contributed by atoms with Crippen LogP contribution < -0.4 is 0 Å². The average Bonchev–Trinajstić information content (AvgIpc) is 3.22. The van der Waals surface area contributed by atoms with Crippen molar-refractivity contribution in [3.63, 3.8) is 0 Å². The fraction of sp³-hybridized carbons (Fsp3) is 0.250. The third-order valence-electron chi connectivity index (χ3n) is 5.57. The van der Waals surface area contributed by atoms with Gasteiger partial charge in [-0.1, -0.05) is 74.0 Å². The topological polar surface area (TPSA) is 0 Å². The number of hydrogen-bond donors (Lipinski definition) is 0. The normalized spacial score (nSPS) is 15.0. The van der Waals surface area contributed by atoms with Crippen LogP contribution in [0.1, 0.15) is 42.5 Å². The van der Waals surface area contributed by atoms with E-state index in [-0.39, 0.29) is 5.41 Å². The van der Waals surface area contributed by atoms with Crippen LogP contribution in [0.25, 0.3) is 11.1 Å². The van der Waals surface area contributed by atoms with Crippen molar-refractivity contribution in [3.05, 3.63) is 82.5 Å². The van der Waals surface area contributed by atoms with E-state index in [1.165, 1.54) is 39.0 Å². The SMILES string of the molecule is C#CCc1ccc2c(c1C(C)(C)C1=CC=CC1)Cc1ccccc1-2. The molecular weight excluding hydrogens is 288 g/mol. The lowest BCUT2D eigenvalue weighted by atomic mass is 9.72. The van der Waals surface area contributed by atoms with Crippen LogP contribution in [0.5, 0.6) is 0 Å². The van der Waals surface area contributed by atoms with Gasteiger partial charge < -0.3 is 0 Å². The maximum absolute atomic E-state index is 5.68. The highest BCUT2D eigenvalue weighted by molar-refractivity contribution is 5.79. The van der Waals surface area contributed by atoms with Crippen LogP contribution >= 0.6 is 0 Å². The molecule has 2 aliphatic rings. The highest BCUT2D eigenvalue weighted by Crippen LogP contribution is 2.46. The van der Waals surface area contributed by atoms with Crippen molar-refractivity contribution in [3.8, 4) is 23.5 Å². The molecule has 0 aliphatic heterocycles. The molecule has 0 nitrogen and oxygen atoms in total. The number of allylic oxidation sites excluding steroid dienone is 4. The lowest BCUT2D eigenvalue weighted by molar-refractivity contribution is 0.602. The van der Waals surface area contributed by atoms with Gasteiger partial charge in [0.1, 0.15) is 0 Å².